The van der Waals surface area contributed by atoms with Crippen LogP contribution in [-0.2, 0) is 4.74 Å². The highest BCUT2D eigenvalue weighted by molar-refractivity contribution is 6.09. The van der Waals surface area contributed by atoms with Crippen LogP contribution in [-0.4, -0.2) is 47.4 Å². The standard InChI is InChI=1S/C19H18F6N4O3/c1-2-3-12(9-27-26)15-8-16(30)29(17(28-15)32-11-19(23,24)25)13-4-6-14(7-5-13)31-10-18(20,21)22/h2-6,8-9,14H,1,7,10-11,26H2/b12-3+,27-9-. The van der Waals surface area contributed by atoms with E-state index in [4.69, 9.17) is 15.3 Å². The summed E-state index contributed by atoms with van der Waals surface area (Å²) in [7, 11) is 0. The smallest absolute Gasteiger partial charge is 0.422 e. The lowest BCUT2D eigenvalue weighted by Gasteiger charge is -2.20. The molecule has 0 bridgehead atoms. The van der Waals surface area contributed by atoms with Crippen LogP contribution < -0.4 is 16.1 Å². The maximum absolute atomic E-state index is 12.7. The average Bonchev–Trinajstić information content (AvgIpc) is 2.69. The second-order valence-corrected chi connectivity index (χ2v) is 6.33. The predicted octanol–water partition coefficient (Wildman–Crippen LogP) is 3.45. The van der Waals surface area contributed by atoms with Crippen LogP contribution in [0.1, 0.15) is 12.1 Å². The number of ether oxygens (including phenoxy) is 2. The number of hydrazone groups is 1. The van der Waals surface area contributed by atoms with E-state index in [9.17, 15) is 31.1 Å². The highest BCUT2D eigenvalue weighted by Gasteiger charge is 2.31. The van der Waals surface area contributed by atoms with Crippen molar-refractivity contribution in [2.24, 2.45) is 10.9 Å². The molecule has 1 aliphatic carbocycles. The molecule has 0 saturated carbocycles. The molecule has 2 rings (SSSR count). The number of hydrogen-bond donors (Lipinski definition) is 1. The lowest BCUT2D eigenvalue weighted by molar-refractivity contribution is -0.180. The third kappa shape index (κ3) is 7.41. The van der Waals surface area contributed by atoms with E-state index in [2.05, 4.69) is 16.7 Å². The number of nitrogens with two attached hydrogens (primary N) is 1. The normalized spacial score (nSPS) is 17.5. The Morgan fingerprint density at radius 3 is 2.50 bits per heavy atom. The molecule has 32 heavy (non-hydrogen) atoms. The molecule has 0 aromatic carbocycles. The first-order chi connectivity index (χ1) is 14.9. The van der Waals surface area contributed by atoms with Crippen molar-refractivity contribution in [3.05, 3.63) is 59.1 Å². The minimum Gasteiger partial charge on any atom is -0.455 e. The van der Waals surface area contributed by atoms with Gasteiger partial charge in [-0.3, -0.25) is 4.79 Å². The van der Waals surface area contributed by atoms with Crippen molar-refractivity contribution >= 4 is 17.5 Å². The fourth-order valence-corrected chi connectivity index (χ4v) is 2.57. The van der Waals surface area contributed by atoms with Crippen molar-refractivity contribution < 1.29 is 35.8 Å². The van der Waals surface area contributed by atoms with Gasteiger partial charge in [-0.1, -0.05) is 30.9 Å². The Hall–Kier alpha value is -3.35. The molecule has 174 valence electrons. The van der Waals surface area contributed by atoms with E-state index < -0.39 is 43.2 Å². The summed E-state index contributed by atoms with van der Waals surface area (Å²) in [6.07, 6.45) is -2.60. The van der Waals surface area contributed by atoms with Gasteiger partial charge in [-0.05, 0) is 12.5 Å². The van der Waals surface area contributed by atoms with Gasteiger partial charge in [-0.25, -0.2) is 4.57 Å². The Kier molecular flexibility index (Phi) is 8.02. The van der Waals surface area contributed by atoms with Gasteiger partial charge in [-0.2, -0.15) is 36.4 Å². The number of halogens is 6. The van der Waals surface area contributed by atoms with Crippen LogP contribution in [0, 0.1) is 0 Å². The molecule has 0 spiro atoms. The molecule has 1 unspecified atom stereocenters. The van der Waals surface area contributed by atoms with Gasteiger partial charge in [0, 0.05) is 17.3 Å². The van der Waals surface area contributed by atoms with E-state index in [1.54, 1.807) is 0 Å². The number of nitrogens with zero attached hydrogens (tertiary/aromatic N) is 3. The van der Waals surface area contributed by atoms with E-state index in [-0.39, 0.29) is 23.4 Å². The first-order valence-corrected chi connectivity index (χ1v) is 8.90. The zero-order valence-corrected chi connectivity index (χ0v) is 16.4. The first-order valence-electron chi connectivity index (χ1n) is 8.90. The third-order valence-electron chi connectivity index (χ3n) is 3.82. The van der Waals surface area contributed by atoms with Crippen molar-refractivity contribution in [3.8, 4) is 6.01 Å². The molecular weight excluding hydrogens is 446 g/mol. The lowest BCUT2D eigenvalue weighted by Crippen LogP contribution is -2.28. The summed E-state index contributed by atoms with van der Waals surface area (Å²) in [5.74, 6) is 5.10. The maximum atomic E-state index is 12.7. The second kappa shape index (κ2) is 10.3. The summed E-state index contributed by atoms with van der Waals surface area (Å²) in [4.78, 5) is 16.7. The molecule has 0 radical (unpaired) electrons. The summed E-state index contributed by atoms with van der Waals surface area (Å²) in [6.45, 7) is 0.276. The van der Waals surface area contributed by atoms with Crippen molar-refractivity contribution in [1.29, 1.82) is 0 Å². The summed E-state index contributed by atoms with van der Waals surface area (Å²) < 4.78 is 85.2. The Balaban J connectivity index is 2.42. The first kappa shape index (κ1) is 24.9. The van der Waals surface area contributed by atoms with Crippen molar-refractivity contribution in [2.45, 2.75) is 24.9 Å². The van der Waals surface area contributed by atoms with Crippen molar-refractivity contribution in [3.63, 3.8) is 0 Å². The van der Waals surface area contributed by atoms with Gasteiger partial charge >= 0.3 is 18.4 Å². The molecule has 1 aromatic heterocycles. The van der Waals surface area contributed by atoms with Crippen LogP contribution in [0.4, 0.5) is 26.3 Å². The van der Waals surface area contributed by atoms with Gasteiger partial charge in [0.1, 0.15) is 6.61 Å². The van der Waals surface area contributed by atoms with E-state index >= 15 is 0 Å². The fraction of sp³-hybridized carbons (Fsp3) is 0.316. The molecule has 7 nitrogen and oxygen atoms in total. The van der Waals surface area contributed by atoms with E-state index in [1.807, 2.05) is 0 Å². The molecule has 13 heteroatoms. The SMILES string of the molecule is C=C/C=C(\C=N/N)c1cc(=O)n(C2=CCC(OCC(F)(F)F)C=C2)c(OCC(F)(F)F)n1. The molecule has 1 aliphatic rings. The van der Waals surface area contributed by atoms with Gasteiger partial charge in [0.25, 0.3) is 5.56 Å². The second-order valence-electron chi connectivity index (χ2n) is 6.33. The van der Waals surface area contributed by atoms with Crippen LogP contribution in [0.25, 0.3) is 11.3 Å². The third-order valence-corrected chi connectivity index (χ3v) is 3.82. The molecular formula is C19H18F6N4O3. The fourth-order valence-electron chi connectivity index (χ4n) is 2.57. The number of rotatable bonds is 8. The number of aromatic nitrogens is 2. The summed E-state index contributed by atoms with van der Waals surface area (Å²) >= 11 is 0. The molecule has 0 fully saturated rings. The topological polar surface area (TPSA) is 91.7 Å². The summed E-state index contributed by atoms with van der Waals surface area (Å²) in [5.41, 5.74) is -0.653. The predicted molar refractivity (Wildman–Crippen MR) is 105 cm³/mol. The summed E-state index contributed by atoms with van der Waals surface area (Å²) in [5, 5.41) is 3.30. The molecule has 1 atom stereocenters. The monoisotopic (exact) mass is 464 g/mol. The quantitative estimate of drug-likeness (QED) is 0.209. The zero-order valence-electron chi connectivity index (χ0n) is 16.4. The van der Waals surface area contributed by atoms with E-state index in [0.717, 1.165) is 16.8 Å². The lowest BCUT2D eigenvalue weighted by atomic mass is 10.1. The minimum absolute atomic E-state index is 0.0554. The average molecular weight is 464 g/mol. The molecule has 1 aromatic rings. The van der Waals surface area contributed by atoms with Gasteiger partial charge in [0.2, 0.25) is 0 Å². The maximum Gasteiger partial charge on any atom is 0.422 e. The minimum atomic E-state index is -4.72. The van der Waals surface area contributed by atoms with Crippen LogP contribution in [0.15, 0.2) is 52.9 Å². The van der Waals surface area contributed by atoms with Crippen LogP contribution >= 0.6 is 0 Å². The zero-order chi connectivity index (χ0) is 23.9. The highest BCUT2D eigenvalue weighted by Crippen LogP contribution is 2.25. The molecule has 0 saturated heterocycles. The highest BCUT2D eigenvalue weighted by atomic mass is 19.4. The van der Waals surface area contributed by atoms with E-state index in [0.29, 0.717) is 0 Å². The number of alkyl halides is 6. The van der Waals surface area contributed by atoms with Crippen molar-refractivity contribution in [1.82, 2.24) is 9.55 Å². The largest absolute Gasteiger partial charge is 0.455 e. The number of allylic oxidation sites excluding steroid dienone is 5. The number of hydrogen-bond acceptors (Lipinski definition) is 6. The summed E-state index contributed by atoms with van der Waals surface area (Å²) in [6, 6.07) is 0.328. The van der Waals surface area contributed by atoms with E-state index in [1.165, 1.54) is 30.4 Å². The van der Waals surface area contributed by atoms with Crippen LogP contribution in [0.3, 0.4) is 0 Å². The Labute approximate surface area is 177 Å². The molecule has 1 heterocycles. The molecule has 0 aliphatic heterocycles. The Morgan fingerprint density at radius 2 is 1.97 bits per heavy atom. The van der Waals surface area contributed by atoms with Gasteiger partial charge in [-0.15, -0.1) is 0 Å². The molecule has 0 amide bonds. The molecule has 2 N–H and O–H groups in total. The Morgan fingerprint density at radius 1 is 1.28 bits per heavy atom. The van der Waals surface area contributed by atoms with Gasteiger partial charge < -0.3 is 15.3 Å². The van der Waals surface area contributed by atoms with Gasteiger partial charge in [0.05, 0.1) is 18.0 Å². The van der Waals surface area contributed by atoms with Crippen molar-refractivity contribution in [2.75, 3.05) is 13.2 Å². The van der Waals surface area contributed by atoms with Crippen LogP contribution in [0.5, 0.6) is 6.01 Å². The van der Waals surface area contributed by atoms with Crippen LogP contribution in [0.2, 0.25) is 0 Å². The Bertz CT molecular complexity index is 1010. The van der Waals surface area contributed by atoms with Gasteiger partial charge in [0.15, 0.2) is 6.61 Å².